The number of ether oxygens (including phenoxy) is 2. The van der Waals surface area contributed by atoms with Gasteiger partial charge in [-0.15, -0.1) is 0 Å². The zero-order chi connectivity index (χ0) is 14.6. The molecule has 5 heteroatoms. The number of aromatic hydroxyl groups is 1. The molecule has 0 aliphatic carbocycles. The molecule has 1 unspecified atom stereocenters. The van der Waals surface area contributed by atoms with Gasteiger partial charge in [-0.2, -0.15) is 0 Å². The van der Waals surface area contributed by atoms with Gasteiger partial charge in [0, 0.05) is 12.1 Å². The summed E-state index contributed by atoms with van der Waals surface area (Å²) in [6.45, 7) is 3.89. The largest absolute Gasteiger partial charge is 0.507 e. The van der Waals surface area contributed by atoms with Gasteiger partial charge in [0.05, 0.1) is 31.9 Å². The van der Waals surface area contributed by atoms with E-state index in [0.717, 1.165) is 6.42 Å². The first-order valence-corrected chi connectivity index (χ1v) is 6.34. The third kappa shape index (κ3) is 3.30. The molecule has 1 rings (SSSR count). The Kier molecular flexibility index (Phi) is 5.44. The molecular formula is C14H23NO4. The zero-order valence-electron chi connectivity index (χ0n) is 11.9. The maximum atomic E-state index is 10.2. The van der Waals surface area contributed by atoms with E-state index in [1.807, 2.05) is 13.8 Å². The van der Waals surface area contributed by atoms with Crippen LogP contribution in [-0.2, 0) is 0 Å². The van der Waals surface area contributed by atoms with E-state index < -0.39 is 12.1 Å². The van der Waals surface area contributed by atoms with E-state index in [9.17, 15) is 10.2 Å². The number of aliphatic hydroxyl groups excluding tert-OH is 1. The lowest BCUT2D eigenvalue weighted by Gasteiger charge is -2.26. The standard InChI is InChI=1S/C14H23NO4/c1-5-8(2)14(17)13(15)12-10(16)6-9(18-3)7-11(12)19-4/h6-8,13-14,16-17H,5,15H2,1-4H3/t8?,13-,14+/m0/s1. The summed E-state index contributed by atoms with van der Waals surface area (Å²) in [6, 6.07) is 2.38. The Hall–Kier alpha value is -1.46. The van der Waals surface area contributed by atoms with Gasteiger partial charge in [-0.3, -0.25) is 0 Å². The molecule has 108 valence electrons. The van der Waals surface area contributed by atoms with Gasteiger partial charge >= 0.3 is 0 Å². The van der Waals surface area contributed by atoms with Gasteiger partial charge < -0.3 is 25.4 Å². The molecule has 1 aromatic rings. The maximum Gasteiger partial charge on any atom is 0.131 e. The highest BCUT2D eigenvalue weighted by molar-refractivity contribution is 5.51. The van der Waals surface area contributed by atoms with Crippen LogP contribution in [0.3, 0.4) is 0 Å². The number of aliphatic hydroxyl groups is 1. The van der Waals surface area contributed by atoms with Crippen LogP contribution in [0.15, 0.2) is 12.1 Å². The van der Waals surface area contributed by atoms with Gasteiger partial charge in [0.15, 0.2) is 0 Å². The van der Waals surface area contributed by atoms with E-state index in [4.69, 9.17) is 15.2 Å². The minimum atomic E-state index is -0.752. The highest BCUT2D eigenvalue weighted by Gasteiger charge is 2.27. The van der Waals surface area contributed by atoms with Gasteiger partial charge in [-0.1, -0.05) is 20.3 Å². The number of hydrogen-bond donors (Lipinski definition) is 3. The molecule has 1 aromatic carbocycles. The van der Waals surface area contributed by atoms with Gasteiger partial charge in [0.25, 0.3) is 0 Å². The number of methoxy groups -OCH3 is 2. The van der Waals surface area contributed by atoms with Crippen LogP contribution in [0.4, 0.5) is 0 Å². The number of phenols is 1. The van der Waals surface area contributed by atoms with Crippen molar-refractivity contribution in [1.29, 1.82) is 0 Å². The van der Waals surface area contributed by atoms with E-state index >= 15 is 0 Å². The van der Waals surface area contributed by atoms with Crippen molar-refractivity contribution >= 4 is 0 Å². The smallest absolute Gasteiger partial charge is 0.131 e. The second-order valence-electron chi connectivity index (χ2n) is 4.66. The zero-order valence-corrected chi connectivity index (χ0v) is 11.9. The summed E-state index contributed by atoms with van der Waals surface area (Å²) < 4.78 is 10.3. The van der Waals surface area contributed by atoms with Crippen molar-refractivity contribution < 1.29 is 19.7 Å². The molecule has 0 heterocycles. The quantitative estimate of drug-likeness (QED) is 0.733. The van der Waals surface area contributed by atoms with Crippen LogP contribution in [0.25, 0.3) is 0 Å². The molecular weight excluding hydrogens is 246 g/mol. The molecule has 4 N–H and O–H groups in total. The van der Waals surface area contributed by atoms with Crippen LogP contribution in [0.1, 0.15) is 31.9 Å². The SMILES string of the molecule is CCC(C)[C@@H](O)[C@@H](N)c1c(O)cc(OC)cc1OC. The number of rotatable bonds is 6. The average molecular weight is 269 g/mol. The molecule has 0 bridgehead atoms. The Bertz CT molecular complexity index is 422. The van der Waals surface area contributed by atoms with Crippen LogP contribution in [0.5, 0.6) is 17.2 Å². The number of hydrogen-bond acceptors (Lipinski definition) is 5. The third-order valence-corrected chi connectivity index (χ3v) is 3.48. The minimum Gasteiger partial charge on any atom is -0.507 e. The fourth-order valence-electron chi connectivity index (χ4n) is 1.98. The second kappa shape index (κ2) is 6.63. The predicted molar refractivity (Wildman–Crippen MR) is 73.6 cm³/mol. The second-order valence-corrected chi connectivity index (χ2v) is 4.66. The topological polar surface area (TPSA) is 84.9 Å². The normalized spacial score (nSPS) is 15.7. The van der Waals surface area contributed by atoms with Gasteiger partial charge in [0.1, 0.15) is 17.2 Å². The van der Waals surface area contributed by atoms with E-state index in [2.05, 4.69) is 0 Å². The van der Waals surface area contributed by atoms with Crippen LogP contribution >= 0.6 is 0 Å². The first-order chi connectivity index (χ1) is 8.96. The summed E-state index contributed by atoms with van der Waals surface area (Å²) in [5.74, 6) is 0.877. The van der Waals surface area contributed by atoms with Crippen LogP contribution in [-0.4, -0.2) is 30.5 Å². The van der Waals surface area contributed by atoms with Gasteiger partial charge in [0.2, 0.25) is 0 Å². The van der Waals surface area contributed by atoms with E-state index in [-0.39, 0.29) is 11.7 Å². The molecule has 0 aromatic heterocycles. The monoisotopic (exact) mass is 269 g/mol. The highest BCUT2D eigenvalue weighted by atomic mass is 16.5. The Morgan fingerprint density at radius 2 is 1.89 bits per heavy atom. The molecule has 0 saturated heterocycles. The van der Waals surface area contributed by atoms with Crippen molar-refractivity contribution in [3.05, 3.63) is 17.7 Å². The Morgan fingerprint density at radius 3 is 2.37 bits per heavy atom. The minimum absolute atomic E-state index is 0.0289. The molecule has 19 heavy (non-hydrogen) atoms. The number of phenolic OH excluding ortho intramolecular Hbond substituents is 1. The summed E-state index contributed by atoms with van der Waals surface area (Å²) in [6.07, 6.45) is 0.0480. The Balaban J connectivity index is 3.18. The lowest BCUT2D eigenvalue weighted by molar-refractivity contribution is 0.0861. The van der Waals surface area contributed by atoms with Gasteiger partial charge in [-0.05, 0) is 5.92 Å². The summed E-state index contributed by atoms with van der Waals surface area (Å²) >= 11 is 0. The summed E-state index contributed by atoms with van der Waals surface area (Å²) in [5, 5.41) is 20.2. The fraction of sp³-hybridized carbons (Fsp3) is 0.571. The molecule has 0 radical (unpaired) electrons. The van der Waals surface area contributed by atoms with E-state index in [1.165, 1.54) is 20.3 Å². The molecule has 0 fully saturated rings. The highest BCUT2D eigenvalue weighted by Crippen LogP contribution is 2.39. The van der Waals surface area contributed by atoms with E-state index in [1.54, 1.807) is 6.07 Å². The van der Waals surface area contributed by atoms with E-state index in [0.29, 0.717) is 17.1 Å². The maximum absolute atomic E-state index is 10.2. The molecule has 0 aliphatic rings. The molecule has 5 nitrogen and oxygen atoms in total. The first-order valence-electron chi connectivity index (χ1n) is 6.34. The van der Waals surface area contributed by atoms with Crippen molar-refractivity contribution in [3.63, 3.8) is 0 Å². The van der Waals surface area contributed by atoms with Crippen molar-refractivity contribution in [2.24, 2.45) is 11.7 Å². The fourth-order valence-corrected chi connectivity index (χ4v) is 1.98. The van der Waals surface area contributed by atoms with Gasteiger partial charge in [-0.25, -0.2) is 0 Å². The molecule has 3 atom stereocenters. The van der Waals surface area contributed by atoms with Crippen molar-refractivity contribution in [3.8, 4) is 17.2 Å². The van der Waals surface area contributed by atoms with Crippen molar-refractivity contribution in [1.82, 2.24) is 0 Å². The summed E-state index contributed by atoms with van der Waals surface area (Å²) in [4.78, 5) is 0. The Morgan fingerprint density at radius 1 is 1.26 bits per heavy atom. The first kappa shape index (κ1) is 15.6. The Labute approximate surface area is 114 Å². The average Bonchev–Trinajstić information content (AvgIpc) is 2.43. The van der Waals surface area contributed by atoms with Crippen LogP contribution in [0, 0.1) is 5.92 Å². The molecule has 0 amide bonds. The lowest BCUT2D eigenvalue weighted by atomic mass is 9.90. The third-order valence-electron chi connectivity index (χ3n) is 3.48. The summed E-state index contributed by atoms with van der Waals surface area (Å²) in [5.41, 5.74) is 6.45. The van der Waals surface area contributed by atoms with Crippen LogP contribution in [0.2, 0.25) is 0 Å². The number of nitrogens with two attached hydrogens (primary N) is 1. The number of benzene rings is 1. The molecule has 0 aliphatic heterocycles. The van der Waals surface area contributed by atoms with Crippen LogP contribution < -0.4 is 15.2 Å². The molecule has 0 spiro atoms. The predicted octanol–water partition coefficient (Wildman–Crippen LogP) is 1.82. The molecule has 0 saturated carbocycles. The lowest BCUT2D eigenvalue weighted by Crippen LogP contribution is -2.31. The summed E-state index contributed by atoms with van der Waals surface area (Å²) in [7, 11) is 2.99. The van der Waals surface area contributed by atoms with Crippen molar-refractivity contribution in [2.45, 2.75) is 32.4 Å². The van der Waals surface area contributed by atoms with Crippen molar-refractivity contribution in [2.75, 3.05) is 14.2 Å².